The Morgan fingerprint density at radius 2 is 2.17 bits per heavy atom. The predicted octanol–water partition coefficient (Wildman–Crippen LogP) is 2.00. The Hall–Kier alpha value is -2.15. The van der Waals surface area contributed by atoms with Gasteiger partial charge in [0.2, 0.25) is 0 Å². The maximum Gasteiger partial charge on any atom is 0.326 e. The zero-order chi connectivity index (χ0) is 16.0. The molecule has 6 nitrogen and oxygen atoms in total. The minimum absolute atomic E-state index is 0.169. The predicted molar refractivity (Wildman–Crippen MR) is 84.6 cm³/mol. The van der Waals surface area contributed by atoms with Crippen molar-refractivity contribution in [3.8, 4) is 0 Å². The van der Waals surface area contributed by atoms with Crippen LogP contribution in [0.1, 0.15) is 45.0 Å². The fraction of sp³-hybridized carbons (Fsp3) is 0.438. The largest absolute Gasteiger partial charge is 0.480 e. The minimum atomic E-state index is -0.976. The number of carbonyl (C=O) groups is 2. The highest BCUT2D eigenvalue weighted by Gasteiger charge is 2.37. The van der Waals surface area contributed by atoms with Gasteiger partial charge >= 0.3 is 5.97 Å². The molecule has 2 aliphatic rings. The van der Waals surface area contributed by atoms with Crippen molar-refractivity contribution < 1.29 is 14.7 Å². The van der Waals surface area contributed by atoms with Gasteiger partial charge < -0.3 is 15.0 Å². The van der Waals surface area contributed by atoms with E-state index in [1.807, 2.05) is 5.38 Å². The van der Waals surface area contributed by atoms with Crippen LogP contribution in [0.15, 0.2) is 11.7 Å². The van der Waals surface area contributed by atoms with E-state index >= 15 is 0 Å². The highest BCUT2D eigenvalue weighted by Crippen LogP contribution is 2.32. The molecule has 7 heteroatoms. The van der Waals surface area contributed by atoms with Gasteiger partial charge in [0.05, 0.1) is 29.8 Å². The molecule has 0 saturated carbocycles. The summed E-state index contributed by atoms with van der Waals surface area (Å²) < 4.78 is 0. The number of nitrogens with zero attached hydrogens (tertiary/aromatic N) is 2. The van der Waals surface area contributed by atoms with Crippen molar-refractivity contribution in [1.82, 2.24) is 14.9 Å². The molecule has 0 saturated heterocycles. The maximum absolute atomic E-state index is 13.0. The summed E-state index contributed by atoms with van der Waals surface area (Å²) in [6.45, 7) is 0.274. The number of carboxylic acid groups (broad SMARTS) is 1. The molecule has 120 valence electrons. The second kappa shape index (κ2) is 5.49. The van der Waals surface area contributed by atoms with Crippen molar-refractivity contribution in [3.63, 3.8) is 0 Å². The Morgan fingerprint density at radius 3 is 3.00 bits per heavy atom. The van der Waals surface area contributed by atoms with Gasteiger partial charge in [-0.3, -0.25) is 4.79 Å². The Morgan fingerprint density at radius 1 is 1.35 bits per heavy atom. The summed E-state index contributed by atoms with van der Waals surface area (Å²) in [4.78, 5) is 34.6. The number of aliphatic carboxylic acids is 1. The lowest BCUT2D eigenvalue weighted by atomic mass is 9.94. The molecule has 0 unspecified atom stereocenters. The van der Waals surface area contributed by atoms with Crippen LogP contribution in [0.25, 0.3) is 0 Å². The molecule has 3 heterocycles. The number of hydrogen-bond acceptors (Lipinski definition) is 4. The van der Waals surface area contributed by atoms with Gasteiger partial charge in [-0.2, -0.15) is 0 Å². The van der Waals surface area contributed by atoms with Gasteiger partial charge in [-0.25, -0.2) is 9.78 Å². The normalized spacial score (nSPS) is 20.0. The molecule has 0 fully saturated rings. The third-order valence-electron chi connectivity index (χ3n) is 4.74. The SMILES string of the molecule is O=C(O)[C@@H]1Cc2nc[nH]c2CN1C(=O)c1csc2c1CCCC2. The molecule has 2 N–H and O–H groups in total. The van der Waals surface area contributed by atoms with Gasteiger partial charge in [0.25, 0.3) is 5.91 Å². The average Bonchev–Trinajstić information content (AvgIpc) is 3.19. The number of carbonyl (C=O) groups excluding carboxylic acids is 1. The lowest BCUT2D eigenvalue weighted by molar-refractivity contribution is -0.142. The van der Waals surface area contributed by atoms with E-state index in [0.717, 1.165) is 36.2 Å². The van der Waals surface area contributed by atoms with Crippen LogP contribution in [0, 0.1) is 0 Å². The van der Waals surface area contributed by atoms with Crippen molar-refractivity contribution in [2.24, 2.45) is 0 Å². The smallest absolute Gasteiger partial charge is 0.326 e. The zero-order valence-corrected chi connectivity index (χ0v) is 13.4. The number of aromatic amines is 1. The first-order valence-corrected chi connectivity index (χ1v) is 8.67. The number of thiophene rings is 1. The summed E-state index contributed by atoms with van der Waals surface area (Å²) in [6.07, 6.45) is 6.02. The molecule has 0 radical (unpaired) electrons. The highest BCUT2D eigenvalue weighted by molar-refractivity contribution is 7.10. The molecule has 1 atom stereocenters. The van der Waals surface area contributed by atoms with Gasteiger partial charge in [-0.15, -0.1) is 11.3 Å². The van der Waals surface area contributed by atoms with Crippen molar-refractivity contribution in [3.05, 3.63) is 39.1 Å². The van der Waals surface area contributed by atoms with Crippen LogP contribution in [0.2, 0.25) is 0 Å². The van der Waals surface area contributed by atoms with Crippen LogP contribution >= 0.6 is 11.3 Å². The number of nitrogens with one attached hydrogen (secondary N) is 1. The molecule has 2 aromatic rings. The molecule has 2 aromatic heterocycles. The van der Waals surface area contributed by atoms with Crippen LogP contribution in [-0.2, 0) is 30.6 Å². The van der Waals surface area contributed by atoms with Crippen molar-refractivity contribution >= 4 is 23.2 Å². The number of aryl methyl sites for hydroxylation is 1. The van der Waals surface area contributed by atoms with Gasteiger partial charge in [0, 0.05) is 16.7 Å². The van der Waals surface area contributed by atoms with Crippen molar-refractivity contribution in [2.75, 3.05) is 0 Å². The Balaban J connectivity index is 1.69. The maximum atomic E-state index is 13.0. The standard InChI is InChI=1S/C16H17N3O3S/c20-15(10-7-23-14-4-2-1-3-9(10)14)19-6-12-11(17-8-18-12)5-13(19)16(21)22/h7-8,13H,1-6H2,(H,17,18)(H,21,22)/t13-/m0/s1. The summed E-state index contributed by atoms with van der Waals surface area (Å²) in [7, 11) is 0. The first-order chi connectivity index (χ1) is 11.1. The number of fused-ring (bicyclic) bond motifs is 2. The van der Waals surface area contributed by atoms with Gasteiger partial charge in [0.1, 0.15) is 6.04 Å². The molecule has 1 amide bonds. The monoisotopic (exact) mass is 331 g/mol. The van der Waals surface area contributed by atoms with E-state index in [0.29, 0.717) is 5.56 Å². The third-order valence-corrected chi connectivity index (χ3v) is 5.83. The van der Waals surface area contributed by atoms with Gasteiger partial charge in [-0.05, 0) is 31.2 Å². The lowest BCUT2D eigenvalue weighted by Crippen LogP contribution is -2.48. The summed E-state index contributed by atoms with van der Waals surface area (Å²) in [5.74, 6) is -1.15. The summed E-state index contributed by atoms with van der Waals surface area (Å²) in [5.41, 5.74) is 3.40. The van der Waals surface area contributed by atoms with Gasteiger partial charge in [-0.1, -0.05) is 0 Å². The molecule has 0 spiro atoms. The van der Waals surface area contributed by atoms with Crippen LogP contribution < -0.4 is 0 Å². The number of aromatic nitrogens is 2. The van der Waals surface area contributed by atoms with Crippen LogP contribution in [0.4, 0.5) is 0 Å². The quantitative estimate of drug-likeness (QED) is 0.881. The Bertz CT molecular complexity index is 779. The second-order valence-corrected chi connectivity index (χ2v) is 7.04. The number of rotatable bonds is 2. The lowest BCUT2D eigenvalue weighted by Gasteiger charge is -2.32. The number of carboxylic acids is 1. The van der Waals surface area contributed by atoms with Crippen LogP contribution in [0.3, 0.4) is 0 Å². The molecular weight excluding hydrogens is 314 g/mol. The summed E-state index contributed by atoms with van der Waals surface area (Å²) in [6, 6.07) is -0.850. The average molecular weight is 331 g/mol. The van der Waals surface area contributed by atoms with Crippen molar-refractivity contribution in [2.45, 2.75) is 44.7 Å². The van der Waals surface area contributed by atoms with E-state index in [-0.39, 0.29) is 18.9 Å². The first-order valence-electron chi connectivity index (χ1n) is 7.79. The number of imidazole rings is 1. The molecular formula is C16H17N3O3S. The number of amides is 1. The van der Waals surface area contributed by atoms with E-state index in [4.69, 9.17) is 0 Å². The molecule has 4 rings (SSSR count). The van der Waals surface area contributed by atoms with Crippen LogP contribution in [0.5, 0.6) is 0 Å². The number of H-pyrrole nitrogens is 1. The van der Waals surface area contributed by atoms with E-state index in [2.05, 4.69) is 9.97 Å². The van der Waals surface area contributed by atoms with E-state index in [1.165, 1.54) is 16.2 Å². The first kappa shape index (κ1) is 14.4. The molecule has 1 aliphatic carbocycles. The summed E-state index contributed by atoms with van der Waals surface area (Å²) >= 11 is 1.63. The topological polar surface area (TPSA) is 86.3 Å². The Labute approximate surface area is 137 Å². The fourth-order valence-corrected chi connectivity index (χ4v) is 4.62. The third kappa shape index (κ3) is 2.35. The van der Waals surface area contributed by atoms with Crippen LogP contribution in [-0.4, -0.2) is 37.9 Å². The number of hydrogen-bond donors (Lipinski definition) is 2. The van der Waals surface area contributed by atoms with E-state index < -0.39 is 12.0 Å². The van der Waals surface area contributed by atoms with Gasteiger partial charge in [0.15, 0.2) is 0 Å². The van der Waals surface area contributed by atoms with E-state index in [1.54, 1.807) is 17.7 Å². The highest BCUT2D eigenvalue weighted by atomic mass is 32.1. The molecule has 0 aromatic carbocycles. The molecule has 1 aliphatic heterocycles. The van der Waals surface area contributed by atoms with E-state index in [9.17, 15) is 14.7 Å². The second-order valence-electron chi connectivity index (χ2n) is 6.08. The molecule has 23 heavy (non-hydrogen) atoms. The summed E-state index contributed by atoms with van der Waals surface area (Å²) in [5, 5.41) is 11.4. The zero-order valence-electron chi connectivity index (χ0n) is 12.5. The fourth-order valence-electron chi connectivity index (χ4n) is 3.50. The Kier molecular flexibility index (Phi) is 3.45. The van der Waals surface area contributed by atoms with Crippen molar-refractivity contribution in [1.29, 1.82) is 0 Å². The molecule has 0 bridgehead atoms. The minimum Gasteiger partial charge on any atom is -0.480 e.